The van der Waals surface area contributed by atoms with E-state index in [1.54, 1.807) is 12.3 Å². The van der Waals surface area contributed by atoms with Crippen molar-refractivity contribution in [3.8, 4) is 22.8 Å². The number of nitrogens with zero attached hydrogens (tertiary/aromatic N) is 3. The summed E-state index contributed by atoms with van der Waals surface area (Å²) >= 11 is 0. The van der Waals surface area contributed by atoms with E-state index in [1.165, 1.54) is 20.3 Å². The van der Waals surface area contributed by atoms with E-state index in [0.717, 1.165) is 16.5 Å². The summed E-state index contributed by atoms with van der Waals surface area (Å²) in [4.78, 5) is 11.1. The second kappa shape index (κ2) is 8.02. The van der Waals surface area contributed by atoms with E-state index in [2.05, 4.69) is 9.88 Å². The van der Waals surface area contributed by atoms with Gasteiger partial charge in [-0.3, -0.25) is 4.98 Å². The molecule has 1 atom stereocenters. The van der Waals surface area contributed by atoms with Gasteiger partial charge in [-0.25, -0.2) is 13.8 Å². The van der Waals surface area contributed by atoms with E-state index in [1.807, 2.05) is 19.9 Å². The zero-order valence-corrected chi connectivity index (χ0v) is 17.3. The molecule has 0 saturated carbocycles. The average molecular weight is 415 g/mol. The van der Waals surface area contributed by atoms with Gasteiger partial charge in [-0.1, -0.05) is 0 Å². The van der Waals surface area contributed by atoms with E-state index in [4.69, 9.17) is 19.2 Å². The van der Waals surface area contributed by atoms with Crippen molar-refractivity contribution in [2.75, 3.05) is 38.8 Å². The molecule has 0 spiro atoms. The first-order valence-electron chi connectivity index (χ1n) is 9.67. The van der Waals surface area contributed by atoms with Crippen LogP contribution in [0, 0.1) is 18.6 Å². The third-order valence-electron chi connectivity index (χ3n) is 5.20. The molecule has 0 N–H and O–H groups in total. The van der Waals surface area contributed by atoms with E-state index in [-0.39, 0.29) is 28.9 Å². The number of benzene rings is 1. The molecule has 4 rings (SSSR count). The first-order valence-corrected chi connectivity index (χ1v) is 9.67. The van der Waals surface area contributed by atoms with Gasteiger partial charge in [0.25, 0.3) is 0 Å². The summed E-state index contributed by atoms with van der Waals surface area (Å²) in [6.45, 7) is 5.68. The van der Waals surface area contributed by atoms with Crippen LogP contribution in [0.3, 0.4) is 0 Å². The van der Waals surface area contributed by atoms with Crippen LogP contribution in [0.2, 0.25) is 0 Å². The standard InChI is InChI=1S/C22H23F2N3O3/c1-12-7-15-14(10-25-12)8-16(26-22(15)27-5-6-30-13(2)11-27)19-20(23)17(28-3)9-18(29-4)21(19)24/h7-10,13H,5-6,11H2,1-4H3. The van der Waals surface area contributed by atoms with Crippen LogP contribution >= 0.6 is 0 Å². The zero-order chi connectivity index (χ0) is 21.4. The van der Waals surface area contributed by atoms with Crippen LogP contribution < -0.4 is 14.4 Å². The van der Waals surface area contributed by atoms with Crippen LogP contribution in [0.15, 0.2) is 24.4 Å². The molecule has 0 aliphatic carbocycles. The van der Waals surface area contributed by atoms with Gasteiger partial charge in [-0.15, -0.1) is 0 Å². The molecule has 1 saturated heterocycles. The van der Waals surface area contributed by atoms with Gasteiger partial charge in [0.1, 0.15) is 5.82 Å². The van der Waals surface area contributed by atoms with Crippen molar-refractivity contribution in [1.82, 2.24) is 9.97 Å². The average Bonchev–Trinajstić information content (AvgIpc) is 2.73. The smallest absolute Gasteiger partial charge is 0.177 e. The van der Waals surface area contributed by atoms with Gasteiger partial charge in [0.15, 0.2) is 23.1 Å². The number of rotatable bonds is 4. The van der Waals surface area contributed by atoms with Gasteiger partial charge < -0.3 is 19.1 Å². The number of ether oxygens (including phenoxy) is 3. The number of pyridine rings is 2. The zero-order valence-electron chi connectivity index (χ0n) is 17.3. The quantitative estimate of drug-likeness (QED) is 0.639. The number of hydrogen-bond acceptors (Lipinski definition) is 6. The molecule has 1 aliphatic heterocycles. The van der Waals surface area contributed by atoms with Crippen molar-refractivity contribution < 1.29 is 23.0 Å². The molecule has 158 valence electrons. The summed E-state index contributed by atoms with van der Waals surface area (Å²) in [7, 11) is 2.64. The number of methoxy groups -OCH3 is 2. The third-order valence-corrected chi connectivity index (χ3v) is 5.20. The fourth-order valence-electron chi connectivity index (χ4n) is 3.72. The van der Waals surface area contributed by atoms with Crippen LogP contribution in [-0.4, -0.2) is 50.0 Å². The number of morpholine rings is 1. The Morgan fingerprint density at radius 3 is 2.43 bits per heavy atom. The molecule has 30 heavy (non-hydrogen) atoms. The Morgan fingerprint density at radius 1 is 1.10 bits per heavy atom. The van der Waals surface area contributed by atoms with Crippen molar-refractivity contribution in [2.24, 2.45) is 0 Å². The third kappa shape index (κ3) is 3.52. The van der Waals surface area contributed by atoms with Crippen molar-refractivity contribution in [3.63, 3.8) is 0 Å². The summed E-state index contributed by atoms with van der Waals surface area (Å²) in [5, 5.41) is 1.61. The molecule has 3 heterocycles. The summed E-state index contributed by atoms with van der Waals surface area (Å²) in [5.74, 6) is -1.25. The van der Waals surface area contributed by atoms with Crippen molar-refractivity contribution >= 4 is 16.6 Å². The Labute approximate surface area is 173 Å². The molecule has 3 aromatic rings. The lowest BCUT2D eigenvalue weighted by molar-refractivity contribution is 0.0530. The predicted octanol–water partition coefficient (Wildman–Crippen LogP) is 4.13. The molecular formula is C22H23F2N3O3. The minimum atomic E-state index is -0.830. The highest BCUT2D eigenvalue weighted by Gasteiger charge is 2.26. The number of hydrogen-bond donors (Lipinski definition) is 0. The lowest BCUT2D eigenvalue weighted by Crippen LogP contribution is -2.41. The van der Waals surface area contributed by atoms with Gasteiger partial charge in [-0.2, -0.15) is 0 Å². The van der Waals surface area contributed by atoms with Crippen LogP contribution in [-0.2, 0) is 4.74 Å². The van der Waals surface area contributed by atoms with Gasteiger partial charge in [0.05, 0.1) is 38.2 Å². The molecule has 0 radical (unpaired) electrons. The predicted molar refractivity (Wildman–Crippen MR) is 110 cm³/mol. The van der Waals surface area contributed by atoms with E-state index in [9.17, 15) is 0 Å². The molecule has 0 amide bonds. The molecule has 1 fully saturated rings. The minimum absolute atomic E-state index is 0.0209. The van der Waals surface area contributed by atoms with Crippen LogP contribution in [0.25, 0.3) is 22.0 Å². The van der Waals surface area contributed by atoms with E-state index in [0.29, 0.717) is 25.5 Å². The summed E-state index contributed by atoms with van der Waals surface area (Å²) < 4.78 is 46.1. The molecular weight excluding hydrogens is 392 g/mol. The van der Waals surface area contributed by atoms with Crippen LogP contribution in [0.5, 0.6) is 11.5 Å². The molecule has 0 bridgehead atoms. The highest BCUT2D eigenvalue weighted by molar-refractivity contribution is 5.95. The second-order valence-electron chi connectivity index (χ2n) is 7.29. The van der Waals surface area contributed by atoms with Gasteiger partial charge in [0.2, 0.25) is 0 Å². The van der Waals surface area contributed by atoms with Crippen LogP contribution in [0.4, 0.5) is 14.6 Å². The number of fused-ring (bicyclic) bond motifs is 1. The highest BCUT2D eigenvalue weighted by Crippen LogP contribution is 2.39. The Morgan fingerprint density at radius 2 is 1.80 bits per heavy atom. The van der Waals surface area contributed by atoms with E-state index < -0.39 is 11.6 Å². The lowest BCUT2D eigenvalue weighted by Gasteiger charge is -2.33. The van der Waals surface area contributed by atoms with Crippen molar-refractivity contribution in [1.29, 1.82) is 0 Å². The van der Waals surface area contributed by atoms with Crippen LogP contribution in [0.1, 0.15) is 12.6 Å². The SMILES string of the molecule is COc1cc(OC)c(F)c(-c2cc3cnc(C)cc3c(N3CCOC(C)C3)n2)c1F. The maximum Gasteiger partial charge on any atom is 0.177 e. The Kier molecular flexibility index (Phi) is 5.42. The highest BCUT2D eigenvalue weighted by atomic mass is 19.1. The maximum atomic E-state index is 15.1. The summed E-state index contributed by atoms with van der Waals surface area (Å²) in [6, 6.07) is 4.75. The Hall–Kier alpha value is -3.00. The van der Waals surface area contributed by atoms with Crippen molar-refractivity contribution in [3.05, 3.63) is 41.7 Å². The molecule has 2 aromatic heterocycles. The Bertz CT molecular complexity index is 1080. The first kappa shape index (κ1) is 20.3. The lowest BCUT2D eigenvalue weighted by atomic mass is 10.0. The van der Waals surface area contributed by atoms with Gasteiger partial charge >= 0.3 is 0 Å². The Balaban J connectivity index is 1.98. The van der Waals surface area contributed by atoms with Gasteiger partial charge in [0, 0.05) is 41.8 Å². The monoisotopic (exact) mass is 415 g/mol. The minimum Gasteiger partial charge on any atom is -0.494 e. The molecule has 1 aliphatic rings. The number of halogens is 2. The van der Waals surface area contributed by atoms with Crippen molar-refractivity contribution in [2.45, 2.75) is 20.0 Å². The fraction of sp³-hybridized carbons (Fsp3) is 0.364. The topological polar surface area (TPSA) is 56.7 Å². The van der Waals surface area contributed by atoms with E-state index >= 15 is 8.78 Å². The molecule has 8 heteroatoms. The molecule has 1 unspecified atom stereocenters. The number of aryl methyl sites for hydroxylation is 1. The van der Waals surface area contributed by atoms with Gasteiger partial charge in [-0.05, 0) is 26.0 Å². The molecule has 6 nitrogen and oxygen atoms in total. The first-order chi connectivity index (χ1) is 14.4. The summed E-state index contributed by atoms with van der Waals surface area (Å²) in [5.41, 5.74) is 0.686. The second-order valence-corrected chi connectivity index (χ2v) is 7.29. The normalized spacial score (nSPS) is 16.7. The molecule has 1 aromatic carbocycles. The largest absolute Gasteiger partial charge is 0.494 e. The maximum absolute atomic E-state index is 15.1. The number of anilines is 1. The summed E-state index contributed by atoms with van der Waals surface area (Å²) in [6.07, 6.45) is 1.71. The number of aromatic nitrogens is 2. The fourth-order valence-corrected chi connectivity index (χ4v) is 3.72.